The summed E-state index contributed by atoms with van der Waals surface area (Å²) in [6.45, 7) is 0. The van der Waals surface area contributed by atoms with Gasteiger partial charge in [-0.2, -0.15) is 13.2 Å². The zero-order valence-electron chi connectivity index (χ0n) is 10.3. The summed E-state index contributed by atoms with van der Waals surface area (Å²) in [4.78, 5) is 21.0. The zero-order chi connectivity index (χ0) is 15.5. The third-order valence-corrected chi connectivity index (χ3v) is 2.58. The molecule has 6 nitrogen and oxygen atoms in total. The highest BCUT2D eigenvalue weighted by atomic mass is 19.4. The number of ether oxygens (including phenoxy) is 1. The number of methoxy groups -OCH3 is 1. The van der Waals surface area contributed by atoms with Crippen molar-refractivity contribution in [2.24, 2.45) is 5.73 Å². The second kappa shape index (κ2) is 5.87. The van der Waals surface area contributed by atoms with Gasteiger partial charge in [0.1, 0.15) is 6.04 Å². The number of nitrogens with zero attached hydrogens (tertiary/aromatic N) is 1. The number of benzene rings is 1. The molecule has 1 aromatic rings. The number of carbonyl (C=O) groups excluding carboxylic acids is 1. The topological polar surface area (TPSA) is 95.5 Å². The van der Waals surface area contributed by atoms with Crippen LogP contribution in [-0.2, 0) is 22.1 Å². The Hall–Kier alpha value is -2.16. The Labute approximate surface area is 111 Å². The molecule has 0 spiro atoms. The van der Waals surface area contributed by atoms with Crippen LogP contribution in [0.2, 0.25) is 0 Å². The van der Waals surface area contributed by atoms with E-state index in [1.54, 1.807) is 0 Å². The van der Waals surface area contributed by atoms with E-state index >= 15 is 0 Å². The van der Waals surface area contributed by atoms with Crippen LogP contribution in [0.5, 0.6) is 0 Å². The highest BCUT2D eigenvalue weighted by Gasteiger charge is 2.37. The molecule has 0 aliphatic carbocycles. The van der Waals surface area contributed by atoms with Crippen molar-refractivity contribution in [3.8, 4) is 0 Å². The largest absolute Gasteiger partial charge is 0.468 e. The zero-order valence-corrected chi connectivity index (χ0v) is 10.3. The Morgan fingerprint density at radius 2 is 2.10 bits per heavy atom. The van der Waals surface area contributed by atoms with Crippen molar-refractivity contribution in [3.63, 3.8) is 0 Å². The molecule has 0 fully saturated rings. The van der Waals surface area contributed by atoms with Gasteiger partial charge in [-0.15, -0.1) is 0 Å². The van der Waals surface area contributed by atoms with Crippen molar-refractivity contribution in [1.29, 1.82) is 0 Å². The van der Waals surface area contributed by atoms with E-state index in [2.05, 4.69) is 4.74 Å². The summed E-state index contributed by atoms with van der Waals surface area (Å²) in [5.74, 6) is -0.948. The maximum absolute atomic E-state index is 12.8. The van der Waals surface area contributed by atoms with Crippen LogP contribution >= 0.6 is 0 Å². The lowest BCUT2D eigenvalue weighted by atomic mass is 9.98. The van der Waals surface area contributed by atoms with E-state index in [-0.39, 0.29) is 0 Å². The molecule has 0 amide bonds. The predicted molar refractivity (Wildman–Crippen MR) is 61.8 cm³/mol. The molecule has 0 radical (unpaired) electrons. The fraction of sp³-hybridized carbons (Fsp3) is 0.364. The van der Waals surface area contributed by atoms with E-state index in [4.69, 9.17) is 5.73 Å². The van der Waals surface area contributed by atoms with Gasteiger partial charge in [-0.25, -0.2) is 0 Å². The molecule has 2 N–H and O–H groups in total. The smallest absolute Gasteiger partial charge is 0.416 e. The summed E-state index contributed by atoms with van der Waals surface area (Å²) in [7, 11) is 1.02. The van der Waals surface area contributed by atoms with Gasteiger partial charge in [0, 0.05) is 18.1 Å². The number of nitro groups is 1. The Balaban J connectivity index is 3.33. The molecule has 1 unspecified atom stereocenters. The fourth-order valence-corrected chi connectivity index (χ4v) is 1.68. The van der Waals surface area contributed by atoms with Gasteiger partial charge in [-0.1, -0.05) is 6.07 Å². The number of esters is 1. The van der Waals surface area contributed by atoms with Crippen LogP contribution in [0.15, 0.2) is 18.2 Å². The lowest BCUT2D eigenvalue weighted by Gasteiger charge is -2.15. The first-order valence-electron chi connectivity index (χ1n) is 5.35. The number of rotatable bonds is 4. The summed E-state index contributed by atoms with van der Waals surface area (Å²) >= 11 is 0. The maximum Gasteiger partial charge on any atom is 0.416 e. The molecule has 1 rings (SSSR count). The first kappa shape index (κ1) is 15.9. The maximum atomic E-state index is 12.8. The predicted octanol–water partition coefficient (Wildman–Crippen LogP) is 1.66. The number of hydrogen-bond acceptors (Lipinski definition) is 5. The van der Waals surface area contributed by atoms with E-state index in [1.807, 2.05) is 0 Å². The van der Waals surface area contributed by atoms with Crippen LogP contribution in [0.25, 0.3) is 0 Å². The third-order valence-electron chi connectivity index (χ3n) is 2.58. The highest BCUT2D eigenvalue weighted by molar-refractivity contribution is 5.76. The minimum Gasteiger partial charge on any atom is -0.468 e. The summed E-state index contributed by atoms with van der Waals surface area (Å²) in [5.41, 5.74) is 2.81. The van der Waals surface area contributed by atoms with Crippen molar-refractivity contribution < 1.29 is 27.6 Å². The number of nitro benzene ring substituents is 1. The number of carbonyl (C=O) groups is 1. The van der Waals surface area contributed by atoms with Crippen molar-refractivity contribution >= 4 is 11.7 Å². The van der Waals surface area contributed by atoms with E-state index in [0.717, 1.165) is 19.2 Å². The van der Waals surface area contributed by atoms with Crippen LogP contribution in [0.4, 0.5) is 18.9 Å². The van der Waals surface area contributed by atoms with E-state index in [0.29, 0.717) is 6.07 Å². The van der Waals surface area contributed by atoms with Gasteiger partial charge in [0.05, 0.1) is 17.6 Å². The Kier molecular flexibility index (Phi) is 4.66. The molecular formula is C11H11F3N2O4. The van der Waals surface area contributed by atoms with E-state index in [1.165, 1.54) is 0 Å². The number of alkyl halides is 3. The monoisotopic (exact) mass is 292 g/mol. The van der Waals surface area contributed by atoms with E-state index in [9.17, 15) is 28.1 Å². The molecule has 1 atom stereocenters. The second-order valence-corrected chi connectivity index (χ2v) is 3.89. The highest BCUT2D eigenvalue weighted by Crippen LogP contribution is 2.36. The minimum absolute atomic E-state index is 0.636. The van der Waals surface area contributed by atoms with Crippen LogP contribution < -0.4 is 5.73 Å². The first-order chi connectivity index (χ1) is 9.18. The van der Waals surface area contributed by atoms with Crippen molar-refractivity contribution in [2.45, 2.75) is 18.6 Å². The number of nitrogens with two attached hydrogens (primary N) is 1. The van der Waals surface area contributed by atoms with Crippen molar-refractivity contribution in [2.75, 3.05) is 7.11 Å². The van der Waals surface area contributed by atoms with Gasteiger partial charge in [0.2, 0.25) is 0 Å². The average Bonchev–Trinajstić information content (AvgIpc) is 2.36. The quantitative estimate of drug-likeness (QED) is 0.517. The molecule has 0 saturated heterocycles. The average molecular weight is 292 g/mol. The first-order valence-corrected chi connectivity index (χ1v) is 5.35. The SMILES string of the molecule is COC(=O)C(N)Cc1c([N+](=O)[O-])cccc1C(F)(F)F. The lowest BCUT2D eigenvalue weighted by Crippen LogP contribution is -2.34. The number of halogens is 3. The molecule has 1 aromatic carbocycles. The minimum atomic E-state index is -4.78. The molecular weight excluding hydrogens is 281 g/mol. The molecule has 0 aliphatic rings. The fourth-order valence-electron chi connectivity index (χ4n) is 1.68. The standard InChI is InChI=1S/C11H11F3N2O4/c1-20-10(17)8(15)5-6-7(11(12,13)14)3-2-4-9(6)16(18)19/h2-4,8H,5,15H2,1H3. The van der Waals surface area contributed by atoms with Crippen LogP contribution in [0.1, 0.15) is 11.1 Å². The molecule has 0 heterocycles. The second-order valence-electron chi connectivity index (χ2n) is 3.89. The molecule has 0 aromatic heterocycles. The molecule has 9 heteroatoms. The van der Waals surface area contributed by atoms with Gasteiger partial charge in [-0.05, 0) is 6.07 Å². The normalized spacial score (nSPS) is 12.8. The molecule has 0 bridgehead atoms. The van der Waals surface area contributed by atoms with E-state index < -0.39 is 46.3 Å². The van der Waals surface area contributed by atoms with Crippen LogP contribution in [-0.4, -0.2) is 24.0 Å². The van der Waals surface area contributed by atoms with Gasteiger partial charge < -0.3 is 10.5 Å². The Morgan fingerprint density at radius 1 is 1.50 bits per heavy atom. The van der Waals surface area contributed by atoms with Gasteiger partial charge >= 0.3 is 12.1 Å². The molecule has 0 aliphatic heterocycles. The summed E-state index contributed by atoms with van der Waals surface area (Å²) in [5, 5.41) is 10.8. The Bertz CT molecular complexity index is 531. The molecule has 110 valence electrons. The van der Waals surface area contributed by atoms with Gasteiger partial charge in [0.25, 0.3) is 5.69 Å². The van der Waals surface area contributed by atoms with Crippen LogP contribution in [0, 0.1) is 10.1 Å². The molecule has 0 saturated carbocycles. The number of hydrogen-bond donors (Lipinski definition) is 1. The third kappa shape index (κ3) is 3.44. The summed E-state index contributed by atoms with van der Waals surface area (Å²) in [6, 6.07) is 1.14. The summed E-state index contributed by atoms with van der Waals surface area (Å²) < 4.78 is 42.8. The van der Waals surface area contributed by atoms with Gasteiger partial charge in [-0.3, -0.25) is 14.9 Å². The summed E-state index contributed by atoms with van der Waals surface area (Å²) in [6.07, 6.45) is -5.42. The van der Waals surface area contributed by atoms with Gasteiger partial charge in [0.15, 0.2) is 0 Å². The van der Waals surface area contributed by atoms with Crippen LogP contribution in [0.3, 0.4) is 0 Å². The molecule has 20 heavy (non-hydrogen) atoms. The van der Waals surface area contributed by atoms with Crippen molar-refractivity contribution in [1.82, 2.24) is 0 Å². The lowest BCUT2D eigenvalue weighted by molar-refractivity contribution is -0.385. The Morgan fingerprint density at radius 3 is 2.55 bits per heavy atom. The van der Waals surface area contributed by atoms with Crippen molar-refractivity contribution in [3.05, 3.63) is 39.4 Å².